The summed E-state index contributed by atoms with van der Waals surface area (Å²) >= 11 is 0. The van der Waals surface area contributed by atoms with E-state index in [1.807, 2.05) is 30.3 Å². The Morgan fingerprint density at radius 3 is 2.65 bits per heavy atom. The summed E-state index contributed by atoms with van der Waals surface area (Å²) in [6.07, 6.45) is 0. The lowest BCUT2D eigenvalue weighted by molar-refractivity contribution is 0.0692. The molecular formula is C16H11FO3. The quantitative estimate of drug-likeness (QED) is 0.872. The van der Waals surface area contributed by atoms with Crippen molar-refractivity contribution < 1.29 is 19.0 Å². The van der Waals surface area contributed by atoms with E-state index >= 15 is 0 Å². The lowest BCUT2D eigenvalue weighted by Gasteiger charge is -2.05. The van der Waals surface area contributed by atoms with Crippen molar-refractivity contribution >= 4 is 5.97 Å². The highest BCUT2D eigenvalue weighted by Crippen LogP contribution is 2.19. The topological polar surface area (TPSA) is 46.5 Å². The number of hydrogen-bond acceptors (Lipinski definition) is 2. The summed E-state index contributed by atoms with van der Waals surface area (Å²) in [6, 6.07) is 12.7. The minimum atomic E-state index is -1.24. The van der Waals surface area contributed by atoms with Gasteiger partial charge in [0.2, 0.25) is 0 Å². The van der Waals surface area contributed by atoms with Gasteiger partial charge in [0, 0.05) is 5.56 Å². The van der Waals surface area contributed by atoms with Crippen LogP contribution in [0.5, 0.6) is 5.75 Å². The second-order valence-corrected chi connectivity index (χ2v) is 3.90. The van der Waals surface area contributed by atoms with Crippen LogP contribution >= 0.6 is 0 Å². The summed E-state index contributed by atoms with van der Waals surface area (Å²) in [7, 11) is 0. The molecule has 0 amide bonds. The van der Waals surface area contributed by atoms with Gasteiger partial charge in [-0.3, -0.25) is 0 Å². The highest BCUT2D eigenvalue weighted by Gasteiger charge is 2.11. The first-order valence-electron chi connectivity index (χ1n) is 5.86. The van der Waals surface area contributed by atoms with E-state index in [4.69, 9.17) is 9.84 Å². The van der Waals surface area contributed by atoms with Crippen molar-refractivity contribution in [1.29, 1.82) is 0 Å². The van der Waals surface area contributed by atoms with E-state index in [2.05, 4.69) is 11.8 Å². The van der Waals surface area contributed by atoms with E-state index in [1.165, 1.54) is 6.07 Å². The molecule has 2 rings (SSSR count). The Balaban J connectivity index is 2.05. The molecule has 4 heteroatoms. The monoisotopic (exact) mass is 270 g/mol. The summed E-state index contributed by atoms with van der Waals surface area (Å²) in [4.78, 5) is 10.9. The van der Waals surface area contributed by atoms with Gasteiger partial charge in [-0.05, 0) is 30.3 Å². The Hall–Kier alpha value is -2.80. The molecule has 0 aliphatic heterocycles. The van der Waals surface area contributed by atoms with Gasteiger partial charge < -0.3 is 9.84 Å². The zero-order chi connectivity index (χ0) is 14.4. The summed E-state index contributed by atoms with van der Waals surface area (Å²) in [5.41, 5.74) is 0.625. The third kappa shape index (κ3) is 3.59. The fourth-order valence-corrected chi connectivity index (χ4v) is 1.57. The normalized spacial score (nSPS) is 9.45. The maximum Gasteiger partial charge on any atom is 0.339 e. The van der Waals surface area contributed by atoms with Crippen molar-refractivity contribution in [1.82, 2.24) is 0 Å². The Morgan fingerprint density at radius 1 is 1.20 bits per heavy atom. The van der Waals surface area contributed by atoms with Crippen LogP contribution in [-0.2, 0) is 0 Å². The molecule has 0 fully saturated rings. The van der Waals surface area contributed by atoms with Crippen LogP contribution in [0.15, 0.2) is 48.5 Å². The highest BCUT2D eigenvalue weighted by molar-refractivity contribution is 5.90. The van der Waals surface area contributed by atoms with Crippen LogP contribution in [0.3, 0.4) is 0 Å². The van der Waals surface area contributed by atoms with Gasteiger partial charge in [0.1, 0.15) is 23.7 Å². The summed E-state index contributed by atoms with van der Waals surface area (Å²) in [6.45, 7) is 0.0286. The molecule has 2 aromatic carbocycles. The smallest absolute Gasteiger partial charge is 0.339 e. The van der Waals surface area contributed by atoms with Gasteiger partial charge in [-0.15, -0.1) is 0 Å². The molecule has 0 saturated carbocycles. The molecule has 0 spiro atoms. The second kappa shape index (κ2) is 6.39. The molecule has 3 nitrogen and oxygen atoms in total. The molecule has 20 heavy (non-hydrogen) atoms. The number of benzene rings is 2. The van der Waals surface area contributed by atoms with Crippen molar-refractivity contribution in [2.24, 2.45) is 0 Å². The largest absolute Gasteiger partial charge is 0.480 e. The van der Waals surface area contributed by atoms with Crippen LogP contribution in [0.4, 0.5) is 4.39 Å². The first kappa shape index (κ1) is 13.6. The number of carbonyl (C=O) groups is 1. The fraction of sp³-hybridized carbons (Fsp3) is 0.0625. The lowest BCUT2D eigenvalue weighted by atomic mass is 10.2. The first-order valence-corrected chi connectivity index (χ1v) is 5.86. The van der Waals surface area contributed by atoms with Gasteiger partial charge in [0.25, 0.3) is 0 Å². The molecular weight excluding hydrogens is 259 g/mol. The standard InChI is InChI=1S/C16H11FO3/c17-13-8-9-15(14(11-13)16(18)19)20-10-4-7-12-5-2-1-3-6-12/h1-3,5-6,8-9,11H,10H2,(H,18,19). The van der Waals surface area contributed by atoms with Crippen molar-refractivity contribution in [3.05, 3.63) is 65.5 Å². The summed E-state index contributed by atoms with van der Waals surface area (Å²) < 4.78 is 18.2. The summed E-state index contributed by atoms with van der Waals surface area (Å²) in [5, 5.41) is 8.94. The molecule has 100 valence electrons. The van der Waals surface area contributed by atoms with E-state index in [-0.39, 0.29) is 17.9 Å². The van der Waals surface area contributed by atoms with Gasteiger partial charge in [0.05, 0.1) is 0 Å². The number of aromatic carboxylic acids is 1. The van der Waals surface area contributed by atoms with E-state index in [0.717, 1.165) is 17.7 Å². The van der Waals surface area contributed by atoms with Crippen molar-refractivity contribution in [3.63, 3.8) is 0 Å². The van der Waals surface area contributed by atoms with Gasteiger partial charge in [0.15, 0.2) is 0 Å². The number of rotatable bonds is 3. The molecule has 0 aromatic heterocycles. The Bertz CT molecular complexity index is 669. The Morgan fingerprint density at radius 2 is 1.95 bits per heavy atom. The highest BCUT2D eigenvalue weighted by atomic mass is 19.1. The van der Waals surface area contributed by atoms with Crippen LogP contribution in [0, 0.1) is 17.7 Å². The minimum absolute atomic E-state index is 0.0286. The number of carboxylic acids is 1. The second-order valence-electron chi connectivity index (χ2n) is 3.90. The van der Waals surface area contributed by atoms with E-state index < -0.39 is 11.8 Å². The SMILES string of the molecule is O=C(O)c1cc(F)ccc1OCC#Cc1ccccc1. The molecule has 0 radical (unpaired) electrons. The molecule has 1 N–H and O–H groups in total. The van der Waals surface area contributed by atoms with Crippen LogP contribution in [0.1, 0.15) is 15.9 Å². The van der Waals surface area contributed by atoms with Gasteiger partial charge in [-0.2, -0.15) is 0 Å². The third-order valence-corrected chi connectivity index (χ3v) is 2.48. The van der Waals surface area contributed by atoms with Crippen LogP contribution in [-0.4, -0.2) is 17.7 Å². The number of halogens is 1. The summed E-state index contributed by atoms with van der Waals surface area (Å²) in [5.74, 6) is 3.89. The molecule has 0 aliphatic rings. The average molecular weight is 270 g/mol. The zero-order valence-electron chi connectivity index (χ0n) is 10.5. The maximum absolute atomic E-state index is 13.0. The lowest BCUT2D eigenvalue weighted by Crippen LogP contribution is -2.04. The third-order valence-electron chi connectivity index (χ3n) is 2.48. The van der Waals surface area contributed by atoms with E-state index in [1.54, 1.807) is 0 Å². The minimum Gasteiger partial charge on any atom is -0.480 e. The Kier molecular flexibility index (Phi) is 4.35. The maximum atomic E-state index is 13.0. The molecule has 2 aromatic rings. The van der Waals surface area contributed by atoms with Gasteiger partial charge in [-0.1, -0.05) is 30.0 Å². The zero-order valence-corrected chi connectivity index (χ0v) is 10.5. The van der Waals surface area contributed by atoms with Crippen LogP contribution in [0.25, 0.3) is 0 Å². The van der Waals surface area contributed by atoms with Crippen LogP contribution in [0.2, 0.25) is 0 Å². The molecule has 0 saturated heterocycles. The first-order chi connectivity index (χ1) is 9.66. The van der Waals surface area contributed by atoms with Crippen molar-refractivity contribution in [2.75, 3.05) is 6.61 Å². The fourth-order valence-electron chi connectivity index (χ4n) is 1.57. The number of hydrogen-bond donors (Lipinski definition) is 1. The Labute approximate surface area is 115 Å². The predicted octanol–water partition coefficient (Wildman–Crippen LogP) is 2.95. The van der Waals surface area contributed by atoms with Crippen molar-refractivity contribution in [3.8, 4) is 17.6 Å². The van der Waals surface area contributed by atoms with Gasteiger partial charge >= 0.3 is 5.97 Å². The predicted molar refractivity (Wildman–Crippen MR) is 72.2 cm³/mol. The van der Waals surface area contributed by atoms with Crippen molar-refractivity contribution in [2.45, 2.75) is 0 Å². The molecule has 0 unspecified atom stereocenters. The van der Waals surface area contributed by atoms with E-state index in [9.17, 15) is 9.18 Å². The number of carboxylic acid groups (broad SMARTS) is 1. The molecule has 0 aliphatic carbocycles. The number of ether oxygens (including phenoxy) is 1. The molecule has 0 heterocycles. The average Bonchev–Trinajstić information content (AvgIpc) is 2.45. The van der Waals surface area contributed by atoms with E-state index in [0.29, 0.717) is 0 Å². The molecule has 0 atom stereocenters. The van der Waals surface area contributed by atoms with Gasteiger partial charge in [-0.25, -0.2) is 9.18 Å². The van der Waals surface area contributed by atoms with Crippen LogP contribution < -0.4 is 4.74 Å². The molecule has 0 bridgehead atoms.